The average Bonchev–Trinajstić information content (AvgIpc) is 3.27. The highest BCUT2D eigenvalue weighted by atomic mass is 16.7. The topological polar surface area (TPSA) is 136 Å². The number of aliphatic hydroxyl groups excluding tert-OH is 1. The third-order valence-electron chi connectivity index (χ3n) is 4.57. The van der Waals surface area contributed by atoms with Crippen LogP contribution in [0.25, 0.3) is 0 Å². The van der Waals surface area contributed by atoms with Gasteiger partial charge in [0.25, 0.3) is 5.91 Å². The summed E-state index contributed by atoms with van der Waals surface area (Å²) in [6.07, 6.45) is 1.04. The second kappa shape index (κ2) is 11.0. The van der Waals surface area contributed by atoms with Gasteiger partial charge in [-0.3, -0.25) is 15.3 Å². The first-order valence-corrected chi connectivity index (χ1v) is 9.84. The van der Waals surface area contributed by atoms with Gasteiger partial charge in [-0.15, -0.1) is 0 Å². The minimum atomic E-state index is -0.846. The van der Waals surface area contributed by atoms with Crippen molar-refractivity contribution in [3.05, 3.63) is 60.2 Å². The highest BCUT2D eigenvalue weighted by Crippen LogP contribution is 2.36. The molecule has 3 rings (SSSR count). The Hall–Kier alpha value is -3.76. The van der Waals surface area contributed by atoms with Crippen molar-refractivity contribution in [2.45, 2.75) is 13.0 Å². The Kier molecular flexibility index (Phi) is 7.90. The van der Waals surface area contributed by atoms with Gasteiger partial charge in [0.2, 0.25) is 6.79 Å². The fourth-order valence-electron chi connectivity index (χ4n) is 3.07. The fourth-order valence-corrected chi connectivity index (χ4v) is 3.07. The molecule has 0 aromatic heterocycles. The lowest BCUT2D eigenvalue weighted by Crippen LogP contribution is -2.22. The van der Waals surface area contributed by atoms with Crippen molar-refractivity contribution in [3.63, 3.8) is 0 Å². The van der Waals surface area contributed by atoms with Crippen molar-refractivity contribution in [2.24, 2.45) is 5.92 Å². The van der Waals surface area contributed by atoms with Crippen LogP contribution in [-0.4, -0.2) is 42.3 Å². The molecule has 0 bridgehead atoms. The van der Waals surface area contributed by atoms with Crippen molar-refractivity contribution >= 4 is 17.7 Å². The van der Waals surface area contributed by atoms with Gasteiger partial charge in [-0.25, -0.2) is 10.3 Å². The van der Waals surface area contributed by atoms with Gasteiger partial charge in [-0.05, 0) is 18.2 Å². The van der Waals surface area contributed by atoms with Crippen molar-refractivity contribution < 1.29 is 38.9 Å². The van der Waals surface area contributed by atoms with Crippen molar-refractivity contribution in [2.75, 3.05) is 25.3 Å². The number of hydroxylamine groups is 1. The van der Waals surface area contributed by atoms with E-state index in [1.54, 1.807) is 49.4 Å². The summed E-state index contributed by atoms with van der Waals surface area (Å²) < 4.78 is 21.8. The molecular formula is C22H24N2O8. The molecule has 1 heterocycles. The molecule has 0 fully saturated rings. The molecule has 1 aliphatic rings. The number of hydrogen-bond acceptors (Lipinski definition) is 8. The Bertz CT molecular complexity index is 978. The fraction of sp³-hybridized carbons (Fsp3) is 0.273. The first-order valence-electron chi connectivity index (χ1n) is 9.84. The summed E-state index contributed by atoms with van der Waals surface area (Å²) in [5.41, 5.74) is 2.51. The van der Waals surface area contributed by atoms with E-state index in [1.807, 2.05) is 0 Å². The number of para-hydroxylation sites is 1. The summed E-state index contributed by atoms with van der Waals surface area (Å²) in [7, 11) is 0. The van der Waals surface area contributed by atoms with Crippen LogP contribution in [0.4, 0.5) is 10.5 Å². The number of carbonyl (C=O) groups excluding carboxylic acids is 2. The van der Waals surface area contributed by atoms with Crippen molar-refractivity contribution in [1.29, 1.82) is 0 Å². The van der Waals surface area contributed by atoms with Crippen LogP contribution in [-0.2, 0) is 9.53 Å². The van der Waals surface area contributed by atoms with E-state index in [1.165, 1.54) is 11.6 Å². The zero-order valence-corrected chi connectivity index (χ0v) is 17.3. The predicted molar refractivity (Wildman–Crippen MR) is 113 cm³/mol. The van der Waals surface area contributed by atoms with Gasteiger partial charge >= 0.3 is 6.09 Å². The van der Waals surface area contributed by atoms with E-state index in [4.69, 9.17) is 29.3 Å². The highest BCUT2D eigenvalue weighted by molar-refractivity contribution is 5.86. The molecule has 2 atom stereocenters. The Labute approximate surface area is 184 Å². The van der Waals surface area contributed by atoms with Crippen LogP contribution >= 0.6 is 0 Å². The number of ether oxygens (including phenoxy) is 4. The van der Waals surface area contributed by atoms with Crippen LogP contribution in [0.15, 0.2) is 54.6 Å². The van der Waals surface area contributed by atoms with E-state index in [0.29, 0.717) is 28.5 Å². The first kappa shape index (κ1) is 22.9. The summed E-state index contributed by atoms with van der Waals surface area (Å²) in [5.74, 6) is 0.319. The molecule has 10 nitrogen and oxygen atoms in total. The average molecular weight is 444 g/mol. The van der Waals surface area contributed by atoms with E-state index in [9.17, 15) is 9.59 Å². The minimum Gasteiger partial charge on any atom is -0.491 e. The normalized spacial score (nSPS) is 14.0. The van der Waals surface area contributed by atoms with E-state index in [2.05, 4.69) is 5.32 Å². The number of carbonyl (C=O) groups is 2. The first-order chi connectivity index (χ1) is 15.5. The Morgan fingerprint density at radius 3 is 2.75 bits per heavy atom. The maximum atomic E-state index is 12.7. The van der Waals surface area contributed by atoms with Crippen LogP contribution in [0.3, 0.4) is 0 Å². The molecule has 0 saturated carbocycles. The quantitative estimate of drug-likeness (QED) is 0.263. The van der Waals surface area contributed by atoms with Gasteiger partial charge in [-0.2, -0.15) is 0 Å². The lowest BCUT2D eigenvalue weighted by Gasteiger charge is -2.24. The summed E-state index contributed by atoms with van der Waals surface area (Å²) in [6, 6.07) is 11.9. The van der Waals surface area contributed by atoms with Gasteiger partial charge in [-0.1, -0.05) is 31.2 Å². The lowest BCUT2D eigenvalue weighted by molar-refractivity contribution is -0.124. The summed E-state index contributed by atoms with van der Waals surface area (Å²) in [5, 5.41) is 20.5. The SMILES string of the molecule is C[C@H](/C=C/C(=O)NO)[C@@H](OC(=O)Nc1ccc2c(c1)OCO2)c1ccccc1OCCO. The van der Waals surface area contributed by atoms with Gasteiger partial charge in [0.15, 0.2) is 11.5 Å². The van der Waals surface area contributed by atoms with Crippen LogP contribution in [0.2, 0.25) is 0 Å². The second-order valence-corrected chi connectivity index (χ2v) is 6.82. The molecule has 2 amide bonds. The molecule has 0 radical (unpaired) electrons. The molecule has 4 N–H and O–H groups in total. The Morgan fingerprint density at radius 1 is 1.19 bits per heavy atom. The Morgan fingerprint density at radius 2 is 1.97 bits per heavy atom. The number of benzene rings is 2. The van der Waals surface area contributed by atoms with E-state index < -0.39 is 24.0 Å². The zero-order valence-electron chi connectivity index (χ0n) is 17.3. The lowest BCUT2D eigenvalue weighted by atomic mass is 9.96. The molecule has 0 spiro atoms. The van der Waals surface area contributed by atoms with E-state index in [0.717, 1.165) is 6.08 Å². The number of hydrogen-bond donors (Lipinski definition) is 4. The maximum absolute atomic E-state index is 12.7. The number of fused-ring (bicyclic) bond motifs is 1. The van der Waals surface area contributed by atoms with Crippen LogP contribution in [0.1, 0.15) is 18.6 Å². The summed E-state index contributed by atoms with van der Waals surface area (Å²) in [6.45, 7) is 1.73. The van der Waals surface area contributed by atoms with E-state index in [-0.39, 0.29) is 20.0 Å². The molecular weight excluding hydrogens is 420 g/mol. The third-order valence-corrected chi connectivity index (χ3v) is 4.57. The third kappa shape index (κ3) is 5.90. The molecule has 32 heavy (non-hydrogen) atoms. The van der Waals surface area contributed by atoms with Crippen LogP contribution < -0.4 is 25.0 Å². The summed E-state index contributed by atoms with van der Waals surface area (Å²) >= 11 is 0. The highest BCUT2D eigenvalue weighted by Gasteiger charge is 2.26. The summed E-state index contributed by atoms with van der Waals surface area (Å²) in [4.78, 5) is 24.1. The Balaban J connectivity index is 1.81. The largest absolute Gasteiger partial charge is 0.491 e. The number of anilines is 1. The molecule has 0 unspecified atom stereocenters. The maximum Gasteiger partial charge on any atom is 0.412 e. The molecule has 0 saturated heterocycles. The molecule has 1 aliphatic heterocycles. The monoisotopic (exact) mass is 444 g/mol. The van der Waals surface area contributed by atoms with Crippen molar-refractivity contribution in [3.8, 4) is 17.2 Å². The molecule has 2 aromatic rings. The van der Waals surface area contributed by atoms with E-state index >= 15 is 0 Å². The van der Waals surface area contributed by atoms with Gasteiger partial charge in [0.1, 0.15) is 18.5 Å². The predicted octanol–water partition coefficient (Wildman–Crippen LogP) is 2.77. The smallest absolute Gasteiger partial charge is 0.412 e. The molecule has 170 valence electrons. The van der Waals surface area contributed by atoms with Gasteiger partial charge in [0.05, 0.1) is 6.61 Å². The van der Waals surface area contributed by atoms with Crippen LogP contribution in [0, 0.1) is 5.92 Å². The number of nitrogens with one attached hydrogen (secondary N) is 2. The van der Waals surface area contributed by atoms with Crippen molar-refractivity contribution in [1.82, 2.24) is 5.48 Å². The van der Waals surface area contributed by atoms with Gasteiger partial charge < -0.3 is 24.1 Å². The number of rotatable bonds is 9. The zero-order chi connectivity index (χ0) is 22.9. The van der Waals surface area contributed by atoms with Crippen LogP contribution in [0.5, 0.6) is 17.2 Å². The molecule has 2 aromatic carbocycles. The van der Waals surface area contributed by atoms with Gasteiger partial charge in [0, 0.05) is 29.3 Å². The number of amides is 2. The minimum absolute atomic E-state index is 0.0598. The molecule has 10 heteroatoms. The second-order valence-electron chi connectivity index (χ2n) is 6.82. The standard InChI is InChI=1S/C22H24N2O8/c1-14(6-9-20(26)24-28)21(16-4-2-3-5-17(16)29-11-10-25)32-22(27)23-15-7-8-18-19(12-15)31-13-30-18/h2-9,12,14,21,25,28H,10-11,13H2,1H3,(H,23,27)(H,24,26)/b9-6+/t14-,21-/m1/s1. The molecule has 0 aliphatic carbocycles. The number of aliphatic hydroxyl groups is 1.